The van der Waals surface area contributed by atoms with Crippen molar-refractivity contribution >= 4 is 17.6 Å². The van der Waals surface area contributed by atoms with Crippen molar-refractivity contribution in [2.24, 2.45) is 0 Å². The second-order valence-electron chi connectivity index (χ2n) is 3.95. The van der Waals surface area contributed by atoms with Crippen LogP contribution in [-0.2, 0) is 4.79 Å². The summed E-state index contributed by atoms with van der Waals surface area (Å²) in [6.07, 6.45) is 1.20. The van der Waals surface area contributed by atoms with Gasteiger partial charge in [-0.25, -0.2) is 4.79 Å². The van der Waals surface area contributed by atoms with Gasteiger partial charge in [-0.2, -0.15) is 0 Å². The van der Waals surface area contributed by atoms with E-state index in [1.807, 2.05) is 31.2 Å². The number of carboxylic acid groups (broad SMARTS) is 1. The van der Waals surface area contributed by atoms with E-state index in [0.717, 1.165) is 11.1 Å². The van der Waals surface area contributed by atoms with E-state index in [1.54, 1.807) is 6.92 Å². The van der Waals surface area contributed by atoms with Gasteiger partial charge in [-0.3, -0.25) is 0 Å². The number of aliphatic carboxylic acids is 1. The van der Waals surface area contributed by atoms with Crippen LogP contribution in [0.1, 0.15) is 25.5 Å². The van der Waals surface area contributed by atoms with Crippen LogP contribution in [0, 0.1) is 0 Å². The molecule has 0 saturated heterocycles. The number of carbonyl (C=O) groups is 1. The van der Waals surface area contributed by atoms with E-state index in [4.69, 9.17) is 16.7 Å². The zero-order valence-electron chi connectivity index (χ0n) is 9.90. The third-order valence-electron chi connectivity index (χ3n) is 2.43. The highest BCUT2D eigenvalue weighted by molar-refractivity contribution is 6.31. The Balaban J connectivity index is 2.59. The molecule has 0 aromatic heterocycles. The molecule has 0 amide bonds. The average molecular weight is 254 g/mol. The van der Waals surface area contributed by atoms with Gasteiger partial charge in [0.15, 0.2) is 0 Å². The quantitative estimate of drug-likeness (QED) is 0.793. The molecule has 0 unspecified atom stereocenters. The van der Waals surface area contributed by atoms with Gasteiger partial charge in [0, 0.05) is 23.7 Å². The van der Waals surface area contributed by atoms with E-state index in [2.05, 4.69) is 5.32 Å². The van der Waals surface area contributed by atoms with Crippen LogP contribution < -0.4 is 5.32 Å². The first-order chi connectivity index (χ1) is 8.00. The number of halogens is 1. The predicted molar refractivity (Wildman–Crippen MR) is 69.3 cm³/mol. The van der Waals surface area contributed by atoms with Crippen molar-refractivity contribution in [1.82, 2.24) is 5.32 Å². The number of nitrogens with one attached hydrogen (secondary N) is 1. The summed E-state index contributed by atoms with van der Waals surface area (Å²) in [6, 6.07) is 7.69. The van der Waals surface area contributed by atoms with Gasteiger partial charge >= 0.3 is 5.97 Å². The summed E-state index contributed by atoms with van der Waals surface area (Å²) in [6.45, 7) is 4.30. The summed E-state index contributed by atoms with van der Waals surface area (Å²) < 4.78 is 0. The first kappa shape index (κ1) is 13.7. The molecule has 2 N–H and O–H groups in total. The minimum absolute atomic E-state index is 0.0841. The van der Waals surface area contributed by atoms with Crippen molar-refractivity contribution in [2.75, 3.05) is 6.54 Å². The Morgan fingerprint density at radius 3 is 2.76 bits per heavy atom. The molecule has 0 aliphatic carbocycles. The highest BCUT2D eigenvalue weighted by atomic mass is 35.5. The van der Waals surface area contributed by atoms with Crippen molar-refractivity contribution in [3.8, 4) is 0 Å². The van der Waals surface area contributed by atoms with Gasteiger partial charge in [-0.1, -0.05) is 35.4 Å². The highest BCUT2D eigenvalue weighted by Crippen LogP contribution is 2.21. The lowest BCUT2D eigenvalue weighted by Gasteiger charge is -2.15. The van der Waals surface area contributed by atoms with Gasteiger partial charge in [0.25, 0.3) is 0 Å². The zero-order chi connectivity index (χ0) is 12.8. The third kappa shape index (κ3) is 4.59. The Labute approximate surface area is 106 Å². The summed E-state index contributed by atoms with van der Waals surface area (Å²) in [5.74, 6) is -0.922. The summed E-state index contributed by atoms with van der Waals surface area (Å²) in [5, 5.41) is 12.5. The lowest BCUT2D eigenvalue weighted by atomic mass is 10.1. The molecule has 1 aromatic carbocycles. The van der Waals surface area contributed by atoms with Gasteiger partial charge in [-0.15, -0.1) is 0 Å². The normalized spacial score (nSPS) is 13.5. The summed E-state index contributed by atoms with van der Waals surface area (Å²) in [7, 11) is 0. The van der Waals surface area contributed by atoms with Crippen molar-refractivity contribution < 1.29 is 9.90 Å². The van der Waals surface area contributed by atoms with Crippen LogP contribution in [-0.4, -0.2) is 17.6 Å². The van der Waals surface area contributed by atoms with E-state index >= 15 is 0 Å². The van der Waals surface area contributed by atoms with Crippen molar-refractivity contribution in [3.63, 3.8) is 0 Å². The van der Waals surface area contributed by atoms with Gasteiger partial charge in [0.05, 0.1) is 0 Å². The molecule has 1 atom stereocenters. The molecule has 17 heavy (non-hydrogen) atoms. The molecule has 0 bridgehead atoms. The second-order valence-corrected chi connectivity index (χ2v) is 4.36. The molecule has 0 heterocycles. The van der Waals surface area contributed by atoms with E-state index < -0.39 is 5.97 Å². The molecule has 0 fully saturated rings. The first-order valence-electron chi connectivity index (χ1n) is 5.38. The smallest absolute Gasteiger partial charge is 0.328 e. The topological polar surface area (TPSA) is 49.3 Å². The predicted octanol–water partition coefficient (Wildman–Crippen LogP) is 3.02. The Morgan fingerprint density at radius 1 is 1.53 bits per heavy atom. The summed E-state index contributed by atoms with van der Waals surface area (Å²) in [4.78, 5) is 10.5. The molecule has 0 saturated carbocycles. The van der Waals surface area contributed by atoms with Gasteiger partial charge in [-0.05, 0) is 25.5 Å². The maximum absolute atomic E-state index is 10.5. The van der Waals surface area contributed by atoms with Crippen molar-refractivity contribution in [1.29, 1.82) is 0 Å². The van der Waals surface area contributed by atoms with Crippen LogP contribution in [0.15, 0.2) is 35.9 Å². The van der Waals surface area contributed by atoms with E-state index in [9.17, 15) is 4.79 Å². The van der Waals surface area contributed by atoms with E-state index in [0.29, 0.717) is 11.6 Å². The zero-order valence-corrected chi connectivity index (χ0v) is 10.7. The Morgan fingerprint density at radius 2 is 2.18 bits per heavy atom. The molecule has 92 valence electrons. The van der Waals surface area contributed by atoms with Gasteiger partial charge in [0.2, 0.25) is 0 Å². The monoisotopic (exact) mass is 253 g/mol. The minimum atomic E-state index is -0.922. The maximum atomic E-state index is 10.5. The number of benzene rings is 1. The fraction of sp³-hybridized carbons (Fsp3) is 0.308. The Kier molecular flexibility index (Phi) is 5.19. The van der Waals surface area contributed by atoms with Crippen LogP contribution in [0.2, 0.25) is 5.02 Å². The summed E-state index contributed by atoms with van der Waals surface area (Å²) in [5.41, 5.74) is 1.79. The number of hydrogen-bond donors (Lipinski definition) is 2. The molecule has 0 spiro atoms. The number of carboxylic acids is 1. The summed E-state index contributed by atoms with van der Waals surface area (Å²) >= 11 is 6.07. The molecule has 3 nitrogen and oxygen atoms in total. The van der Waals surface area contributed by atoms with Crippen LogP contribution in [0.3, 0.4) is 0 Å². The average Bonchev–Trinajstić information content (AvgIpc) is 2.25. The lowest BCUT2D eigenvalue weighted by Crippen LogP contribution is -2.21. The molecule has 0 radical (unpaired) electrons. The van der Waals surface area contributed by atoms with Gasteiger partial charge < -0.3 is 10.4 Å². The largest absolute Gasteiger partial charge is 0.478 e. The molecular weight excluding hydrogens is 238 g/mol. The van der Waals surface area contributed by atoms with Crippen LogP contribution in [0.5, 0.6) is 0 Å². The second kappa shape index (κ2) is 6.42. The number of rotatable bonds is 5. The standard InChI is InChI=1S/C13H16ClNO2/c1-9(7-13(16)17)8-15-10(2)11-5-3-4-6-12(11)14/h3-7,10,15H,8H2,1-2H3,(H,16,17)/b9-7+/t10-/m0/s1. The Bertz CT molecular complexity index is 429. The van der Waals surface area contributed by atoms with Gasteiger partial charge in [0.1, 0.15) is 0 Å². The lowest BCUT2D eigenvalue weighted by molar-refractivity contribution is -0.131. The van der Waals surface area contributed by atoms with Crippen molar-refractivity contribution in [2.45, 2.75) is 19.9 Å². The van der Waals surface area contributed by atoms with E-state index in [1.165, 1.54) is 6.08 Å². The van der Waals surface area contributed by atoms with Crippen molar-refractivity contribution in [3.05, 3.63) is 46.5 Å². The minimum Gasteiger partial charge on any atom is -0.478 e. The molecule has 4 heteroatoms. The molecule has 1 rings (SSSR count). The maximum Gasteiger partial charge on any atom is 0.328 e. The van der Waals surface area contributed by atoms with Crippen LogP contribution in [0.4, 0.5) is 0 Å². The SMILES string of the molecule is C/C(=C\C(=O)O)CN[C@@H](C)c1ccccc1Cl. The van der Waals surface area contributed by atoms with Crippen LogP contribution >= 0.6 is 11.6 Å². The molecule has 0 aliphatic heterocycles. The van der Waals surface area contributed by atoms with Crippen LogP contribution in [0.25, 0.3) is 0 Å². The fourth-order valence-corrected chi connectivity index (χ4v) is 1.81. The highest BCUT2D eigenvalue weighted by Gasteiger charge is 2.08. The third-order valence-corrected chi connectivity index (χ3v) is 2.77. The van der Waals surface area contributed by atoms with E-state index in [-0.39, 0.29) is 6.04 Å². The Hall–Kier alpha value is -1.32. The number of hydrogen-bond acceptors (Lipinski definition) is 2. The molecule has 1 aromatic rings. The molecular formula is C13H16ClNO2. The molecule has 0 aliphatic rings. The fourth-order valence-electron chi connectivity index (χ4n) is 1.51. The first-order valence-corrected chi connectivity index (χ1v) is 5.76.